The Kier molecular flexibility index (Phi) is 13.2. The van der Waals surface area contributed by atoms with Crippen LogP contribution < -0.4 is 0 Å². The summed E-state index contributed by atoms with van der Waals surface area (Å²) in [5, 5.41) is 14.2. The van der Waals surface area contributed by atoms with E-state index in [4.69, 9.17) is 19.8 Å². The Hall–Kier alpha value is -2.90. The lowest BCUT2D eigenvalue weighted by Crippen LogP contribution is -2.37. The largest absolute Gasteiger partial charge is 0.490 e. The standard InChI is InChI=1S/C16H25N3O.2C2HF3O2/c1-14-5-4-9-19(12-14)10-7-16(20)18(2)13-15-6-3-8-17-11-15;2*3-2(4,5)1(6)7/h3,6,8,11,14H,4-5,7,9-10,12-13H2,1-2H3;2*(H,6,7). The first-order valence-corrected chi connectivity index (χ1v) is 9.99. The number of aromatic nitrogens is 1. The summed E-state index contributed by atoms with van der Waals surface area (Å²) < 4.78 is 63.5. The first-order chi connectivity index (χ1) is 15.5. The predicted molar refractivity (Wildman–Crippen MR) is 108 cm³/mol. The molecule has 1 aliphatic heterocycles. The molecule has 1 fully saturated rings. The summed E-state index contributed by atoms with van der Waals surface area (Å²) in [6.45, 7) is 6.11. The number of carbonyl (C=O) groups is 3. The number of carboxylic acid groups (broad SMARTS) is 2. The summed E-state index contributed by atoms with van der Waals surface area (Å²) >= 11 is 0. The molecule has 0 bridgehead atoms. The molecule has 0 aliphatic carbocycles. The molecule has 0 aromatic carbocycles. The third-order valence-electron chi connectivity index (χ3n) is 4.44. The molecule has 2 heterocycles. The molecule has 194 valence electrons. The van der Waals surface area contributed by atoms with E-state index in [1.165, 1.54) is 12.8 Å². The van der Waals surface area contributed by atoms with Gasteiger partial charge in [0.05, 0.1) is 0 Å². The molecule has 1 saturated heterocycles. The fourth-order valence-corrected chi connectivity index (χ4v) is 2.79. The highest BCUT2D eigenvalue weighted by atomic mass is 19.4. The van der Waals surface area contributed by atoms with Gasteiger partial charge in [0, 0.05) is 45.5 Å². The zero-order valence-corrected chi connectivity index (χ0v) is 18.6. The molecule has 1 unspecified atom stereocenters. The highest BCUT2D eigenvalue weighted by molar-refractivity contribution is 5.76. The van der Waals surface area contributed by atoms with E-state index in [-0.39, 0.29) is 5.91 Å². The second-order valence-corrected chi connectivity index (χ2v) is 7.51. The van der Waals surface area contributed by atoms with Crippen molar-refractivity contribution in [3.8, 4) is 0 Å². The molecule has 1 aromatic heterocycles. The van der Waals surface area contributed by atoms with E-state index in [1.807, 2.05) is 25.4 Å². The van der Waals surface area contributed by atoms with E-state index in [0.29, 0.717) is 13.0 Å². The second-order valence-electron chi connectivity index (χ2n) is 7.51. The number of amides is 1. The lowest BCUT2D eigenvalue weighted by Gasteiger charge is -2.31. The minimum Gasteiger partial charge on any atom is -0.475 e. The van der Waals surface area contributed by atoms with Crippen molar-refractivity contribution in [3.63, 3.8) is 0 Å². The van der Waals surface area contributed by atoms with Gasteiger partial charge in [-0.15, -0.1) is 0 Å². The van der Waals surface area contributed by atoms with Crippen LogP contribution in [-0.2, 0) is 20.9 Å². The Labute approximate surface area is 192 Å². The average molecular weight is 503 g/mol. The fraction of sp³-hybridized carbons (Fsp3) is 0.600. The van der Waals surface area contributed by atoms with Crippen LogP contribution in [0.1, 0.15) is 31.7 Å². The van der Waals surface area contributed by atoms with Crippen molar-refractivity contribution in [2.45, 2.75) is 45.1 Å². The van der Waals surface area contributed by atoms with Crippen LogP contribution in [-0.4, -0.2) is 81.9 Å². The minimum absolute atomic E-state index is 0.215. The van der Waals surface area contributed by atoms with Gasteiger partial charge in [-0.25, -0.2) is 9.59 Å². The number of pyridine rings is 1. The van der Waals surface area contributed by atoms with Crippen molar-refractivity contribution >= 4 is 17.8 Å². The Morgan fingerprint density at radius 1 is 1.12 bits per heavy atom. The van der Waals surface area contributed by atoms with Gasteiger partial charge in [0.15, 0.2) is 0 Å². The molecule has 0 saturated carbocycles. The van der Waals surface area contributed by atoms with E-state index in [1.54, 1.807) is 11.1 Å². The zero-order chi connectivity index (χ0) is 26.5. The summed E-state index contributed by atoms with van der Waals surface area (Å²) in [6.07, 6.45) is -3.39. The van der Waals surface area contributed by atoms with Gasteiger partial charge >= 0.3 is 24.3 Å². The first-order valence-electron chi connectivity index (χ1n) is 9.99. The van der Waals surface area contributed by atoms with Gasteiger partial charge in [0.25, 0.3) is 0 Å². The molecule has 0 radical (unpaired) electrons. The third-order valence-corrected chi connectivity index (χ3v) is 4.44. The lowest BCUT2D eigenvalue weighted by atomic mass is 10.0. The van der Waals surface area contributed by atoms with E-state index in [2.05, 4.69) is 16.8 Å². The van der Waals surface area contributed by atoms with Crippen LogP contribution in [0, 0.1) is 5.92 Å². The lowest BCUT2D eigenvalue weighted by molar-refractivity contribution is -0.193. The number of halogens is 6. The van der Waals surface area contributed by atoms with Gasteiger partial charge in [-0.2, -0.15) is 26.3 Å². The Morgan fingerprint density at radius 3 is 2.06 bits per heavy atom. The summed E-state index contributed by atoms with van der Waals surface area (Å²) in [7, 11) is 1.87. The molecule has 1 aliphatic rings. The molecule has 2 N–H and O–H groups in total. The number of likely N-dealkylation sites (tertiary alicyclic amines) is 1. The van der Waals surface area contributed by atoms with Crippen LogP contribution in [0.25, 0.3) is 0 Å². The van der Waals surface area contributed by atoms with Crippen molar-refractivity contribution in [2.24, 2.45) is 5.92 Å². The summed E-state index contributed by atoms with van der Waals surface area (Å²) in [6, 6.07) is 3.91. The molecule has 2 rings (SSSR count). The van der Waals surface area contributed by atoms with Crippen molar-refractivity contribution in [1.82, 2.24) is 14.8 Å². The fourth-order valence-electron chi connectivity index (χ4n) is 2.79. The smallest absolute Gasteiger partial charge is 0.475 e. The topological polar surface area (TPSA) is 111 Å². The predicted octanol–water partition coefficient (Wildman–Crippen LogP) is 3.43. The Morgan fingerprint density at radius 2 is 1.65 bits per heavy atom. The Balaban J connectivity index is 0.000000642. The molecule has 0 spiro atoms. The van der Waals surface area contributed by atoms with Crippen LogP contribution in [0.3, 0.4) is 0 Å². The SMILES string of the molecule is CC1CCCN(CCC(=O)N(C)Cc2cccnc2)C1.O=C(O)C(F)(F)F.O=C(O)C(F)(F)F. The highest BCUT2D eigenvalue weighted by Gasteiger charge is 2.38. The van der Waals surface area contributed by atoms with Crippen molar-refractivity contribution < 1.29 is 50.9 Å². The van der Waals surface area contributed by atoms with Gasteiger partial charge < -0.3 is 20.0 Å². The number of carboxylic acids is 2. The van der Waals surface area contributed by atoms with Gasteiger partial charge in [-0.3, -0.25) is 9.78 Å². The second kappa shape index (κ2) is 14.4. The normalized spacial score (nSPS) is 16.3. The van der Waals surface area contributed by atoms with E-state index in [9.17, 15) is 31.1 Å². The number of piperidine rings is 1. The number of carbonyl (C=O) groups excluding carboxylic acids is 1. The molecule has 1 amide bonds. The molecule has 8 nitrogen and oxygen atoms in total. The maximum absolute atomic E-state index is 12.2. The van der Waals surface area contributed by atoms with Gasteiger partial charge in [-0.1, -0.05) is 13.0 Å². The monoisotopic (exact) mass is 503 g/mol. The molecule has 34 heavy (non-hydrogen) atoms. The number of hydrogen-bond donors (Lipinski definition) is 2. The van der Waals surface area contributed by atoms with Gasteiger partial charge in [0.2, 0.25) is 5.91 Å². The van der Waals surface area contributed by atoms with Crippen molar-refractivity contribution in [2.75, 3.05) is 26.7 Å². The Bertz CT molecular complexity index is 750. The van der Waals surface area contributed by atoms with E-state index < -0.39 is 24.3 Å². The maximum Gasteiger partial charge on any atom is 0.490 e. The summed E-state index contributed by atoms with van der Waals surface area (Å²) in [4.78, 5) is 38.2. The average Bonchev–Trinajstić information content (AvgIpc) is 2.72. The van der Waals surface area contributed by atoms with Crippen molar-refractivity contribution in [3.05, 3.63) is 30.1 Å². The van der Waals surface area contributed by atoms with Gasteiger partial charge in [-0.05, 0) is 36.9 Å². The zero-order valence-electron chi connectivity index (χ0n) is 18.6. The minimum atomic E-state index is -5.08. The van der Waals surface area contributed by atoms with Crippen LogP contribution in [0.5, 0.6) is 0 Å². The van der Waals surface area contributed by atoms with E-state index >= 15 is 0 Å². The quantitative estimate of drug-likeness (QED) is 0.593. The molecule has 1 aromatic rings. The van der Waals surface area contributed by atoms with Crippen LogP contribution in [0.2, 0.25) is 0 Å². The number of hydrogen-bond acceptors (Lipinski definition) is 5. The third kappa shape index (κ3) is 14.3. The van der Waals surface area contributed by atoms with Crippen LogP contribution >= 0.6 is 0 Å². The van der Waals surface area contributed by atoms with Crippen LogP contribution in [0.15, 0.2) is 24.5 Å². The highest BCUT2D eigenvalue weighted by Crippen LogP contribution is 2.16. The maximum atomic E-state index is 12.2. The van der Waals surface area contributed by atoms with E-state index in [0.717, 1.165) is 31.1 Å². The van der Waals surface area contributed by atoms with Crippen molar-refractivity contribution in [1.29, 1.82) is 0 Å². The number of aliphatic carboxylic acids is 2. The number of alkyl halides is 6. The van der Waals surface area contributed by atoms with Gasteiger partial charge in [0.1, 0.15) is 0 Å². The summed E-state index contributed by atoms with van der Waals surface area (Å²) in [5.74, 6) is -4.53. The van der Waals surface area contributed by atoms with Crippen LogP contribution in [0.4, 0.5) is 26.3 Å². The first kappa shape index (κ1) is 31.1. The molecule has 1 atom stereocenters. The molecular formula is C20H27F6N3O5. The summed E-state index contributed by atoms with van der Waals surface area (Å²) in [5.41, 5.74) is 1.08. The molecular weight excluding hydrogens is 476 g/mol. The molecule has 14 heteroatoms. The number of rotatable bonds is 5. The number of nitrogens with zero attached hydrogens (tertiary/aromatic N) is 3.